The smallest absolute Gasteiger partial charge is 0.303 e. The second-order valence-corrected chi connectivity index (χ2v) is 6.42. The maximum absolute atomic E-state index is 10.3. The molecule has 134 valence electrons. The lowest BCUT2D eigenvalue weighted by molar-refractivity contribution is -0.137. The number of unbranched alkanes of at least 4 members (excludes halogenated alkanes) is 11. The second-order valence-electron chi connectivity index (χ2n) is 6.42. The molecule has 0 aliphatic heterocycles. The third-order valence-electron chi connectivity index (χ3n) is 4.07. The summed E-state index contributed by atoms with van der Waals surface area (Å²) in [4.78, 5) is 10.3. The van der Waals surface area contributed by atoms with E-state index in [0.29, 0.717) is 0 Å². The van der Waals surface area contributed by atoms with E-state index in [9.17, 15) is 4.79 Å². The van der Waals surface area contributed by atoms with Gasteiger partial charge in [0.25, 0.3) is 0 Å². The topological polar surface area (TPSA) is 37.3 Å². The predicted molar refractivity (Wildman–Crippen MR) is 101 cm³/mol. The maximum atomic E-state index is 10.3. The van der Waals surface area contributed by atoms with E-state index < -0.39 is 5.97 Å². The molecular formula is C21H38O2. The van der Waals surface area contributed by atoms with Crippen molar-refractivity contribution in [1.82, 2.24) is 0 Å². The van der Waals surface area contributed by atoms with Gasteiger partial charge in [0.1, 0.15) is 0 Å². The molecule has 0 aliphatic rings. The SMILES string of the molecule is CCCCCCCCCCC/C=C\CC/C=C\CCCC(=O)O. The van der Waals surface area contributed by atoms with Crippen LogP contribution in [0, 0.1) is 0 Å². The lowest BCUT2D eigenvalue weighted by atomic mass is 10.1. The maximum Gasteiger partial charge on any atom is 0.303 e. The van der Waals surface area contributed by atoms with Crippen molar-refractivity contribution in [3.63, 3.8) is 0 Å². The van der Waals surface area contributed by atoms with Crippen molar-refractivity contribution < 1.29 is 9.90 Å². The van der Waals surface area contributed by atoms with Gasteiger partial charge in [0, 0.05) is 6.42 Å². The Bertz CT molecular complexity index is 305. The highest BCUT2D eigenvalue weighted by molar-refractivity contribution is 5.66. The summed E-state index contributed by atoms with van der Waals surface area (Å²) in [6.07, 6.45) is 26.7. The Kier molecular flexibility index (Phi) is 18.1. The molecule has 0 aromatic carbocycles. The molecule has 0 rings (SSSR count). The molecule has 0 aromatic heterocycles. The van der Waals surface area contributed by atoms with E-state index in [1.807, 2.05) is 0 Å². The largest absolute Gasteiger partial charge is 0.481 e. The van der Waals surface area contributed by atoms with E-state index in [2.05, 4.69) is 31.2 Å². The van der Waals surface area contributed by atoms with Gasteiger partial charge in [0.05, 0.1) is 0 Å². The fourth-order valence-corrected chi connectivity index (χ4v) is 2.61. The van der Waals surface area contributed by atoms with Crippen LogP contribution in [-0.2, 0) is 4.79 Å². The van der Waals surface area contributed by atoms with Gasteiger partial charge < -0.3 is 5.11 Å². The third kappa shape index (κ3) is 21.0. The van der Waals surface area contributed by atoms with Crippen molar-refractivity contribution in [1.29, 1.82) is 0 Å². The Hall–Kier alpha value is -1.05. The highest BCUT2D eigenvalue weighted by Gasteiger charge is 1.93. The van der Waals surface area contributed by atoms with Crippen molar-refractivity contribution in [3.8, 4) is 0 Å². The second kappa shape index (κ2) is 19.0. The molecule has 0 aromatic rings. The number of rotatable bonds is 17. The highest BCUT2D eigenvalue weighted by Crippen LogP contribution is 2.10. The summed E-state index contributed by atoms with van der Waals surface area (Å²) in [5.74, 6) is -0.696. The lowest BCUT2D eigenvalue weighted by Gasteiger charge is -2.00. The van der Waals surface area contributed by atoms with Crippen LogP contribution in [0.25, 0.3) is 0 Å². The van der Waals surface area contributed by atoms with Gasteiger partial charge in [0.15, 0.2) is 0 Å². The van der Waals surface area contributed by atoms with Gasteiger partial charge in [-0.25, -0.2) is 0 Å². The van der Waals surface area contributed by atoms with Gasteiger partial charge in [-0.3, -0.25) is 4.79 Å². The van der Waals surface area contributed by atoms with Gasteiger partial charge in [-0.15, -0.1) is 0 Å². The zero-order valence-electron chi connectivity index (χ0n) is 15.3. The molecule has 2 nitrogen and oxygen atoms in total. The summed E-state index contributed by atoms with van der Waals surface area (Å²) < 4.78 is 0. The van der Waals surface area contributed by atoms with E-state index in [0.717, 1.165) is 25.7 Å². The van der Waals surface area contributed by atoms with E-state index >= 15 is 0 Å². The average Bonchev–Trinajstić information content (AvgIpc) is 2.53. The van der Waals surface area contributed by atoms with Crippen molar-refractivity contribution in [2.45, 2.75) is 103 Å². The first-order valence-corrected chi connectivity index (χ1v) is 9.79. The number of carboxylic acid groups (broad SMARTS) is 1. The molecule has 0 aliphatic carbocycles. The van der Waals surface area contributed by atoms with Crippen LogP contribution in [0.2, 0.25) is 0 Å². The highest BCUT2D eigenvalue weighted by atomic mass is 16.4. The van der Waals surface area contributed by atoms with Crippen LogP contribution >= 0.6 is 0 Å². The standard InChI is InChI=1S/C21H38O2/c1-2-3-4-5-6-7-8-9-10-11-12-13-14-15-16-17-18-19-20-21(22)23/h12-13,16-17H,2-11,14-15,18-20H2,1H3,(H,22,23)/b13-12-,17-16-. The van der Waals surface area contributed by atoms with E-state index in [1.165, 1.54) is 64.2 Å². The van der Waals surface area contributed by atoms with Gasteiger partial charge in [-0.2, -0.15) is 0 Å². The minimum atomic E-state index is -0.696. The Labute approximate surface area is 144 Å². The molecule has 0 unspecified atom stereocenters. The van der Waals surface area contributed by atoms with Gasteiger partial charge in [-0.05, 0) is 38.5 Å². The minimum absolute atomic E-state index is 0.281. The molecule has 0 radical (unpaired) electrons. The summed E-state index contributed by atoms with van der Waals surface area (Å²) in [5, 5.41) is 8.52. The summed E-state index contributed by atoms with van der Waals surface area (Å²) in [6, 6.07) is 0. The lowest BCUT2D eigenvalue weighted by Crippen LogP contribution is -1.92. The minimum Gasteiger partial charge on any atom is -0.481 e. The Morgan fingerprint density at radius 2 is 1.09 bits per heavy atom. The summed E-state index contributed by atoms with van der Waals surface area (Å²) >= 11 is 0. The number of hydrogen-bond donors (Lipinski definition) is 1. The van der Waals surface area contributed by atoms with E-state index in [-0.39, 0.29) is 6.42 Å². The molecular weight excluding hydrogens is 284 g/mol. The first-order valence-electron chi connectivity index (χ1n) is 9.79. The third-order valence-corrected chi connectivity index (χ3v) is 4.07. The number of carboxylic acids is 1. The van der Waals surface area contributed by atoms with Crippen LogP contribution in [0.1, 0.15) is 103 Å². The van der Waals surface area contributed by atoms with Crippen molar-refractivity contribution >= 4 is 5.97 Å². The van der Waals surface area contributed by atoms with Crippen molar-refractivity contribution in [3.05, 3.63) is 24.3 Å². The summed E-state index contributed by atoms with van der Waals surface area (Å²) in [5.41, 5.74) is 0. The predicted octanol–water partition coefficient (Wildman–Crippen LogP) is 7.05. The van der Waals surface area contributed by atoms with E-state index in [1.54, 1.807) is 0 Å². The Morgan fingerprint density at radius 3 is 1.61 bits per heavy atom. The van der Waals surface area contributed by atoms with Gasteiger partial charge in [-0.1, -0.05) is 82.6 Å². The molecule has 0 amide bonds. The fourth-order valence-electron chi connectivity index (χ4n) is 2.61. The van der Waals surface area contributed by atoms with Gasteiger partial charge in [0.2, 0.25) is 0 Å². The number of allylic oxidation sites excluding steroid dienone is 4. The Morgan fingerprint density at radius 1 is 0.652 bits per heavy atom. The molecule has 0 spiro atoms. The first-order chi connectivity index (χ1) is 11.3. The van der Waals surface area contributed by atoms with Crippen LogP contribution in [0.4, 0.5) is 0 Å². The molecule has 0 heterocycles. The zero-order chi connectivity index (χ0) is 17.0. The molecule has 0 atom stereocenters. The number of carbonyl (C=O) groups is 1. The van der Waals surface area contributed by atoms with Crippen LogP contribution in [-0.4, -0.2) is 11.1 Å². The fraction of sp³-hybridized carbons (Fsp3) is 0.762. The van der Waals surface area contributed by atoms with Crippen molar-refractivity contribution in [2.75, 3.05) is 0 Å². The van der Waals surface area contributed by atoms with Gasteiger partial charge >= 0.3 is 5.97 Å². The normalized spacial score (nSPS) is 11.7. The molecule has 0 saturated heterocycles. The van der Waals surface area contributed by atoms with Crippen LogP contribution in [0.15, 0.2) is 24.3 Å². The Balaban J connectivity index is 3.16. The molecule has 1 N–H and O–H groups in total. The van der Waals surface area contributed by atoms with Crippen molar-refractivity contribution in [2.24, 2.45) is 0 Å². The average molecular weight is 323 g/mol. The molecule has 2 heteroatoms. The van der Waals surface area contributed by atoms with Crippen LogP contribution in [0.3, 0.4) is 0 Å². The summed E-state index contributed by atoms with van der Waals surface area (Å²) in [7, 11) is 0. The molecule has 0 fully saturated rings. The zero-order valence-corrected chi connectivity index (χ0v) is 15.3. The first kappa shape index (κ1) is 21.9. The molecule has 0 saturated carbocycles. The van der Waals surface area contributed by atoms with Crippen LogP contribution < -0.4 is 0 Å². The molecule has 0 bridgehead atoms. The quantitative estimate of drug-likeness (QED) is 0.230. The monoisotopic (exact) mass is 322 g/mol. The van der Waals surface area contributed by atoms with Crippen LogP contribution in [0.5, 0.6) is 0 Å². The number of aliphatic carboxylic acids is 1. The summed E-state index contributed by atoms with van der Waals surface area (Å²) in [6.45, 7) is 2.27. The number of hydrogen-bond acceptors (Lipinski definition) is 1. The van der Waals surface area contributed by atoms with E-state index in [4.69, 9.17) is 5.11 Å². The molecule has 23 heavy (non-hydrogen) atoms.